The van der Waals surface area contributed by atoms with Crippen LogP contribution in [0.15, 0.2) is 16.6 Å². The molecule has 0 radical (unpaired) electrons. The van der Waals surface area contributed by atoms with Crippen molar-refractivity contribution in [1.82, 2.24) is 0 Å². The fourth-order valence-corrected chi connectivity index (χ4v) is 1.73. The Balaban J connectivity index is 2.97. The van der Waals surface area contributed by atoms with Crippen LogP contribution in [-0.4, -0.2) is 19.7 Å². The van der Waals surface area contributed by atoms with Gasteiger partial charge in [-0.3, -0.25) is 0 Å². The third kappa shape index (κ3) is 3.43. The molecular formula is C12H14BrFO3. The predicted octanol–water partition coefficient (Wildman–Crippen LogP) is 3.55. The first-order valence-electron chi connectivity index (χ1n) is 5.31. The lowest BCUT2D eigenvalue weighted by Crippen LogP contribution is -2.08. The molecule has 1 rings (SSSR count). The molecule has 0 aliphatic heterocycles. The number of carbonyl (C=O) groups excluding carboxylic acids is 1. The molecule has 5 heteroatoms. The zero-order valence-electron chi connectivity index (χ0n) is 9.76. The van der Waals surface area contributed by atoms with E-state index in [4.69, 9.17) is 4.74 Å². The third-order valence-corrected chi connectivity index (χ3v) is 2.86. The summed E-state index contributed by atoms with van der Waals surface area (Å²) in [5.74, 6) is -1.35. The van der Waals surface area contributed by atoms with E-state index in [1.54, 1.807) is 6.07 Å². The number of hydrogen-bond donors (Lipinski definition) is 0. The Hall–Kier alpha value is -1.10. The zero-order chi connectivity index (χ0) is 12.8. The maximum absolute atomic E-state index is 13.9. The van der Waals surface area contributed by atoms with Crippen LogP contribution >= 0.6 is 15.9 Å². The van der Waals surface area contributed by atoms with E-state index < -0.39 is 11.8 Å². The number of esters is 1. The maximum atomic E-state index is 13.9. The summed E-state index contributed by atoms with van der Waals surface area (Å²) in [6, 6.07) is 3.05. The second kappa shape index (κ2) is 6.59. The lowest BCUT2D eigenvalue weighted by Gasteiger charge is -2.10. The number of benzene rings is 1. The van der Waals surface area contributed by atoms with Gasteiger partial charge in [-0.25, -0.2) is 9.18 Å². The van der Waals surface area contributed by atoms with Gasteiger partial charge in [0.1, 0.15) is 5.56 Å². The summed E-state index contributed by atoms with van der Waals surface area (Å²) in [4.78, 5) is 11.4. The molecule has 1 aromatic carbocycles. The van der Waals surface area contributed by atoms with E-state index in [0.717, 1.165) is 12.8 Å². The molecule has 0 unspecified atom stereocenters. The summed E-state index contributed by atoms with van der Waals surface area (Å²) in [7, 11) is 1.21. The van der Waals surface area contributed by atoms with Gasteiger partial charge >= 0.3 is 5.97 Å². The summed E-state index contributed by atoms with van der Waals surface area (Å²) >= 11 is 3.11. The largest absolute Gasteiger partial charge is 0.490 e. The lowest BCUT2D eigenvalue weighted by molar-refractivity contribution is 0.0593. The molecule has 0 amide bonds. The zero-order valence-corrected chi connectivity index (χ0v) is 11.3. The lowest BCUT2D eigenvalue weighted by atomic mass is 10.2. The van der Waals surface area contributed by atoms with Crippen molar-refractivity contribution in [2.45, 2.75) is 19.8 Å². The normalized spacial score (nSPS) is 10.1. The van der Waals surface area contributed by atoms with Crippen molar-refractivity contribution in [3.8, 4) is 5.75 Å². The van der Waals surface area contributed by atoms with Crippen LogP contribution in [0.1, 0.15) is 30.1 Å². The Labute approximate surface area is 108 Å². The van der Waals surface area contributed by atoms with Gasteiger partial charge in [-0.2, -0.15) is 0 Å². The van der Waals surface area contributed by atoms with Crippen molar-refractivity contribution >= 4 is 21.9 Å². The maximum Gasteiger partial charge on any atom is 0.342 e. The van der Waals surface area contributed by atoms with Crippen molar-refractivity contribution in [2.75, 3.05) is 13.7 Å². The Kier molecular flexibility index (Phi) is 5.41. The Morgan fingerprint density at radius 3 is 2.76 bits per heavy atom. The Morgan fingerprint density at radius 1 is 1.47 bits per heavy atom. The van der Waals surface area contributed by atoms with E-state index in [-0.39, 0.29) is 11.3 Å². The third-order valence-electron chi connectivity index (χ3n) is 2.20. The SMILES string of the molecule is CCCCOc1ccc(Br)c(C(=O)OC)c1F. The molecule has 17 heavy (non-hydrogen) atoms. The highest BCUT2D eigenvalue weighted by Crippen LogP contribution is 2.28. The topological polar surface area (TPSA) is 35.5 Å². The van der Waals surface area contributed by atoms with E-state index >= 15 is 0 Å². The molecule has 0 heterocycles. The molecule has 0 N–H and O–H groups in total. The van der Waals surface area contributed by atoms with E-state index in [0.29, 0.717) is 11.1 Å². The number of hydrogen-bond acceptors (Lipinski definition) is 3. The fourth-order valence-electron chi connectivity index (χ4n) is 1.26. The number of ether oxygens (including phenoxy) is 2. The van der Waals surface area contributed by atoms with Gasteiger partial charge in [0.2, 0.25) is 0 Å². The van der Waals surface area contributed by atoms with Gasteiger partial charge in [0.25, 0.3) is 0 Å². The van der Waals surface area contributed by atoms with Crippen molar-refractivity contribution in [1.29, 1.82) is 0 Å². The molecule has 94 valence electrons. The average molecular weight is 305 g/mol. The highest BCUT2D eigenvalue weighted by molar-refractivity contribution is 9.10. The minimum atomic E-state index is -0.727. The minimum absolute atomic E-state index is 0.0713. The first-order chi connectivity index (χ1) is 8.11. The van der Waals surface area contributed by atoms with Crippen molar-refractivity contribution in [2.24, 2.45) is 0 Å². The molecule has 0 fully saturated rings. The van der Waals surface area contributed by atoms with Gasteiger partial charge in [-0.05, 0) is 34.5 Å². The summed E-state index contributed by atoms with van der Waals surface area (Å²) < 4.78 is 24.1. The van der Waals surface area contributed by atoms with E-state index in [1.165, 1.54) is 13.2 Å². The molecule has 0 aliphatic carbocycles. The number of methoxy groups -OCH3 is 1. The van der Waals surface area contributed by atoms with Crippen LogP contribution in [0.25, 0.3) is 0 Å². The van der Waals surface area contributed by atoms with Crippen molar-refractivity contribution in [3.63, 3.8) is 0 Å². The summed E-state index contributed by atoms with van der Waals surface area (Å²) in [6.45, 7) is 2.44. The second-order valence-electron chi connectivity index (χ2n) is 3.43. The standard InChI is InChI=1S/C12H14BrFO3/c1-3-4-7-17-9-6-5-8(13)10(11(9)14)12(15)16-2/h5-6H,3-4,7H2,1-2H3. The molecule has 0 aromatic heterocycles. The molecule has 0 atom stereocenters. The first kappa shape index (κ1) is 14.0. The smallest absolute Gasteiger partial charge is 0.342 e. The second-order valence-corrected chi connectivity index (χ2v) is 4.28. The summed E-state index contributed by atoms with van der Waals surface area (Å²) in [5.41, 5.74) is -0.138. The van der Waals surface area contributed by atoms with E-state index in [2.05, 4.69) is 20.7 Å². The number of rotatable bonds is 5. The van der Waals surface area contributed by atoms with Crippen LogP contribution in [0.2, 0.25) is 0 Å². The molecule has 0 spiro atoms. The summed E-state index contributed by atoms with van der Waals surface area (Å²) in [5, 5.41) is 0. The van der Waals surface area contributed by atoms with Crippen LogP contribution in [0.3, 0.4) is 0 Å². The predicted molar refractivity (Wildman–Crippen MR) is 65.8 cm³/mol. The number of halogens is 2. The van der Waals surface area contributed by atoms with Gasteiger partial charge in [0.05, 0.1) is 13.7 Å². The van der Waals surface area contributed by atoms with Crippen LogP contribution in [0.4, 0.5) is 4.39 Å². The summed E-state index contributed by atoms with van der Waals surface area (Å²) in [6.07, 6.45) is 1.80. The van der Waals surface area contributed by atoms with Crippen LogP contribution < -0.4 is 4.74 Å². The highest BCUT2D eigenvalue weighted by atomic mass is 79.9. The van der Waals surface area contributed by atoms with E-state index in [9.17, 15) is 9.18 Å². The quantitative estimate of drug-likeness (QED) is 0.616. The van der Waals surface area contributed by atoms with E-state index in [1.807, 2.05) is 6.92 Å². The van der Waals surface area contributed by atoms with Gasteiger partial charge < -0.3 is 9.47 Å². The Morgan fingerprint density at radius 2 is 2.18 bits per heavy atom. The Bertz CT molecular complexity index is 407. The van der Waals surface area contributed by atoms with Crippen LogP contribution in [-0.2, 0) is 4.74 Å². The highest BCUT2D eigenvalue weighted by Gasteiger charge is 2.20. The van der Waals surface area contributed by atoms with Crippen LogP contribution in [0, 0.1) is 5.82 Å². The molecule has 3 nitrogen and oxygen atoms in total. The molecule has 0 saturated heterocycles. The van der Waals surface area contributed by atoms with Gasteiger partial charge in [-0.15, -0.1) is 0 Å². The minimum Gasteiger partial charge on any atom is -0.490 e. The van der Waals surface area contributed by atoms with Crippen LogP contribution in [0.5, 0.6) is 5.75 Å². The molecule has 0 aliphatic rings. The van der Waals surface area contributed by atoms with Gasteiger partial charge in [-0.1, -0.05) is 13.3 Å². The average Bonchev–Trinajstić information content (AvgIpc) is 2.32. The monoisotopic (exact) mass is 304 g/mol. The van der Waals surface area contributed by atoms with Gasteiger partial charge in [0, 0.05) is 4.47 Å². The van der Waals surface area contributed by atoms with Gasteiger partial charge in [0.15, 0.2) is 11.6 Å². The fraction of sp³-hybridized carbons (Fsp3) is 0.417. The van der Waals surface area contributed by atoms with Crippen molar-refractivity contribution < 1.29 is 18.7 Å². The number of carbonyl (C=O) groups is 1. The number of unbranched alkanes of at least 4 members (excludes halogenated alkanes) is 1. The molecule has 1 aromatic rings. The molecule has 0 bridgehead atoms. The first-order valence-corrected chi connectivity index (χ1v) is 6.10. The van der Waals surface area contributed by atoms with Crippen molar-refractivity contribution in [3.05, 3.63) is 28.0 Å². The molecule has 0 saturated carbocycles. The molecular weight excluding hydrogens is 291 g/mol.